The summed E-state index contributed by atoms with van der Waals surface area (Å²) in [6.07, 6.45) is 6.63. The van der Waals surface area contributed by atoms with Crippen LogP contribution in [-0.4, -0.2) is 17.1 Å². The Kier molecular flexibility index (Phi) is 5.77. The number of unbranched alkanes of at least 4 members (excludes halogenated alkanes) is 1. The molecule has 0 amide bonds. The molecule has 1 heterocycles. The van der Waals surface area contributed by atoms with Crippen molar-refractivity contribution in [3.63, 3.8) is 0 Å². The first-order valence-corrected chi connectivity index (χ1v) is 6.24. The van der Waals surface area contributed by atoms with Gasteiger partial charge in [-0.15, -0.1) is 0 Å². The summed E-state index contributed by atoms with van der Waals surface area (Å²) < 4.78 is 6.91. The maximum absolute atomic E-state index is 11.5. The lowest BCUT2D eigenvalue weighted by Crippen LogP contribution is -2.13. The van der Waals surface area contributed by atoms with Gasteiger partial charge in [0.1, 0.15) is 6.54 Å². The van der Waals surface area contributed by atoms with Gasteiger partial charge in [0.25, 0.3) is 0 Å². The maximum atomic E-state index is 11.5. The largest absolute Gasteiger partial charge is 0.464 e. The molecule has 0 aliphatic rings. The highest BCUT2D eigenvalue weighted by atomic mass is 16.5. The average molecular weight is 238 g/mol. The van der Waals surface area contributed by atoms with Crippen molar-refractivity contribution in [2.24, 2.45) is 5.73 Å². The zero-order valence-electron chi connectivity index (χ0n) is 10.7. The normalized spacial score (nSPS) is 12.4. The van der Waals surface area contributed by atoms with Gasteiger partial charge in [0, 0.05) is 18.4 Å². The van der Waals surface area contributed by atoms with E-state index in [1.165, 1.54) is 0 Å². The number of aromatic nitrogens is 1. The summed E-state index contributed by atoms with van der Waals surface area (Å²) in [7, 11) is 0. The SMILES string of the molecule is CCCCOC(=O)Cn1ccc(C(N)CC)c1. The minimum atomic E-state index is -0.189. The first kappa shape index (κ1) is 13.8. The smallest absolute Gasteiger partial charge is 0.325 e. The van der Waals surface area contributed by atoms with Crippen LogP contribution >= 0.6 is 0 Å². The Bertz CT molecular complexity index is 347. The second kappa shape index (κ2) is 7.12. The van der Waals surface area contributed by atoms with Crippen LogP contribution < -0.4 is 5.73 Å². The summed E-state index contributed by atoms with van der Waals surface area (Å²) in [4.78, 5) is 11.5. The molecule has 1 aromatic heterocycles. The van der Waals surface area contributed by atoms with Crippen molar-refractivity contribution in [2.75, 3.05) is 6.61 Å². The van der Waals surface area contributed by atoms with Crippen molar-refractivity contribution in [1.29, 1.82) is 0 Å². The van der Waals surface area contributed by atoms with E-state index in [4.69, 9.17) is 10.5 Å². The van der Waals surface area contributed by atoms with Crippen LogP contribution in [0.2, 0.25) is 0 Å². The number of hydrogen-bond acceptors (Lipinski definition) is 3. The van der Waals surface area contributed by atoms with E-state index in [1.807, 2.05) is 30.0 Å². The highest BCUT2D eigenvalue weighted by molar-refractivity contribution is 5.69. The molecule has 0 saturated carbocycles. The third-order valence-electron chi connectivity index (χ3n) is 2.71. The van der Waals surface area contributed by atoms with Crippen molar-refractivity contribution in [3.05, 3.63) is 24.0 Å². The van der Waals surface area contributed by atoms with E-state index in [0.29, 0.717) is 6.61 Å². The van der Waals surface area contributed by atoms with Crippen molar-refractivity contribution in [3.8, 4) is 0 Å². The monoisotopic (exact) mass is 238 g/mol. The topological polar surface area (TPSA) is 57.2 Å². The maximum Gasteiger partial charge on any atom is 0.325 e. The first-order valence-electron chi connectivity index (χ1n) is 6.24. The van der Waals surface area contributed by atoms with Gasteiger partial charge in [-0.2, -0.15) is 0 Å². The van der Waals surface area contributed by atoms with Gasteiger partial charge in [0.15, 0.2) is 0 Å². The fourth-order valence-electron chi connectivity index (χ4n) is 1.54. The molecular weight excluding hydrogens is 216 g/mol. The lowest BCUT2D eigenvalue weighted by Gasteiger charge is -2.06. The molecule has 0 aromatic carbocycles. The van der Waals surface area contributed by atoms with Crippen LogP contribution in [-0.2, 0) is 16.1 Å². The van der Waals surface area contributed by atoms with Crippen LogP contribution in [0.5, 0.6) is 0 Å². The molecule has 1 atom stereocenters. The molecule has 0 fully saturated rings. The van der Waals surface area contributed by atoms with Gasteiger partial charge < -0.3 is 15.0 Å². The summed E-state index contributed by atoms with van der Waals surface area (Å²) >= 11 is 0. The molecule has 1 aromatic rings. The summed E-state index contributed by atoms with van der Waals surface area (Å²) in [5.41, 5.74) is 6.97. The van der Waals surface area contributed by atoms with E-state index in [2.05, 4.69) is 6.92 Å². The molecule has 0 aliphatic carbocycles. The summed E-state index contributed by atoms with van der Waals surface area (Å²) in [5.74, 6) is -0.189. The van der Waals surface area contributed by atoms with Gasteiger partial charge in [-0.25, -0.2) is 0 Å². The number of nitrogens with zero attached hydrogens (tertiary/aromatic N) is 1. The van der Waals surface area contributed by atoms with Gasteiger partial charge in [-0.1, -0.05) is 20.3 Å². The lowest BCUT2D eigenvalue weighted by atomic mass is 10.1. The van der Waals surface area contributed by atoms with Gasteiger partial charge in [-0.05, 0) is 24.5 Å². The number of ether oxygens (including phenoxy) is 1. The van der Waals surface area contributed by atoms with E-state index < -0.39 is 0 Å². The third-order valence-corrected chi connectivity index (χ3v) is 2.71. The van der Waals surface area contributed by atoms with Gasteiger partial charge in [0.05, 0.1) is 6.61 Å². The molecular formula is C13H22N2O2. The van der Waals surface area contributed by atoms with Crippen molar-refractivity contribution < 1.29 is 9.53 Å². The second-order valence-electron chi connectivity index (χ2n) is 4.21. The van der Waals surface area contributed by atoms with E-state index in [-0.39, 0.29) is 18.6 Å². The molecule has 2 N–H and O–H groups in total. The summed E-state index contributed by atoms with van der Waals surface area (Å²) in [5, 5.41) is 0. The fraction of sp³-hybridized carbons (Fsp3) is 0.615. The number of carbonyl (C=O) groups is 1. The minimum Gasteiger partial charge on any atom is -0.464 e. The predicted molar refractivity (Wildman–Crippen MR) is 67.5 cm³/mol. The van der Waals surface area contributed by atoms with Crippen LogP contribution in [0, 0.1) is 0 Å². The van der Waals surface area contributed by atoms with E-state index in [1.54, 1.807) is 0 Å². The number of rotatable bonds is 7. The van der Waals surface area contributed by atoms with Crippen molar-refractivity contribution in [1.82, 2.24) is 4.57 Å². The van der Waals surface area contributed by atoms with E-state index in [9.17, 15) is 4.79 Å². The van der Waals surface area contributed by atoms with E-state index >= 15 is 0 Å². The lowest BCUT2D eigenvalue weighted by molar-refractivity contribution is -0.144. The zero-order valence-corrected chi connectivity index (χ0v) is 10.7. The quantitative estimate of drug-likeness (QED) is 0.585. The molecule has 4 heteroatoms. The van der Waals surface area contributed by atoms with Crippen LogP contribution in [0.3, 0.4) is 0 Å². The Morgan fingerprint density at radius 1 is 1.53 bits per heavy atom. The fourth-order valence-corrected chi connectivity index (χ4v) is 1.54. The van der Waals surface area contributed by atoms with Gasteiger partial charge in [0.2, 0.25) is 0 Å². The molecule has 0 spiro atoms. The number of nitrogens with two attached hydrogens (primary N) is 1. The third kappa shape index (κ3) is 4.61. The predicted octanol–water partition coefficient (Wildman–Crippen LogP) is 2.24. The Balaban J connectivity index is 2.40. The highest BCUT2D eigenvalue weighted by Crippen LogP contribution is 2.13. The molecule has 0 bridgehead atoms. The van der Waals surface area contributed by atoms with Crippen LogP contribution in [0.15, 0.2) is 18.5 Å². The Hall–Kier alpha value is -1.29. The van der Waals surface area contributed by atoms with Gasteiger partial charge >= 0.3 is 5.97 Å². The summed E-state index contributed by atoms with van der Waals surface area (Å²) in [6, 6.07) is 2.00. The van der Waals surface area contributed by atoms with Crippen LogP contribution in [0.4, 0.5) is 0 Å². The van der Waals surface area contributed by atoms with Crippen molar-refractivity contribution >= 4 is 5.97 Å². The van der Waals surface area contributed by atoms with Gasteiger partial charge in [-0.3, -0.25) is 4.79 Å². The first-order chi connectivity index (χ1) is 8.17. The van der Waals surface area contributed by atoms with Crippen LogP contribution in [0.25, 0.3) is 0 Å². The molecule has 0 saturated heterocycles. The number of esters is 1. The molecule has 1 rings (SSSR count). The summed E-state index contributed by atoms with van der Waals surface area (Å²) in [6.45, 7) is 4.89. The zero-order chi connectivity index (χ0) is 12.7. The standard InChI is InChI=1S/C13H22N2O2/c1-3-5-8-17-13(16)10-15-7-6-11(9-15)12(14)4-2/h6-7,9,12H,3-5,8,10,14H2,1-2H3. The average Bonchev–Trinajstić information content (AvgIpc) is 2.77. The molecule has 4 nitrogen and oxygen atoms in total. The molecule has 96 valence electrons. The van der Waals surface area contributed by atoms with Crippen molar-refractivity contribution in [2.45, 2.75) is 45.7 Å². The number of carbonyl (C=O) groups excluding carboxylic acids is 1. The number of hydrogen-bond donors (Lipinski definition) is 1. The molecule has 0 radical (unpaired) electrons. The molecule has 17 heavy (non-hydrogen) atoms. The molecule has 0 aliphatic heterocycles. The minimum absolute atomic E-state index is 0.0485. The Morgan fingerprint density at radius 3 is 2.94 bits per heavy atom. The highest BCUT2D eigenvalue weighted by Gasteiger charge is 2.07. The second-order valence-corrected chi connectivity index (χ2v) is 4.21. The Labute approximate surface area is 103 Å². The van der Waals surface area contributed by atoms with Crippen LogP contribution in [0.1, 0.15) is 44.7 Å². The van der Waals surface area contributed by atoms with E-state index in [0.717, 1.165) is 24.8 Å². The molecule has 1 unspecified atom stereocenters. The Morgan fingerprint density at radius 2 is 2.29 bits per heavy atom.